The van der Waals surface area contributed by atoms with Crippen molar-refractivity contribution in [2.75, 3.05) is 12.3 Å². The lowest BCUT2D eigenvalue weighted by Crippen LogP contribution is -2.16. The summed E-state index contributed by atoms with van der Waals surface area (Å²) in [5.74, 6) is -0.291. The Morgan fingerprint density at radius 3 is 2.47 bits per heavy atom. The van der Waals surface area contributed by atoms with E-state index in [1.807, 2.05) is 31.2 Å². The molecule has 0 heterocycles. The first-order valence-corrected chi connectivity index (χ1v) is 6.21. The summed E-state index contributed by atoms with van der Waals surface area (Å²) in [6.07, 6.45) is 2.93. The zero-order valence-electron chi connectivity index (χ0n) is 10.6. The molecule has 3 heteroatoms. The number of unbranched alkanes of at least 4 members (excludes halogenated alkanes) is 1. The molecule has 0 fully saturated rings. The Hall–Kier alpha value is -1.51. The molecule has 94 valence electrons. The van der Waals surface area contributed by atoms with Crippen molar-refractivity contribution < 1.29 is 9.53 Å². The third-order valence-corrected chi connectivity index (χ3v) is 2.76. The highest BCUT2D eigenvalue weighted by Crippen LogP contribution is 2.24. The van der Waals surface area contributed by atoms with Crippen molar-refractivity contribution in [2.24, 2.45) is 0 Å². The fraction of sp³-hybridized carbons (Fsp3) is 0.500. The molecule has 2 N–H and O–H groups in total. The Balaban J connectivity index is 2.81. The largest absolute Gasteiger partial charge is 0.466 e. The van der Waals surface area contributed by atoms with E-state index in [1.54, 1.807) is 0 Å². The highest BCUT2D eigenvalue weighted by atomic mass is 16.5. The standard InChI is InChI=1S/C14H21NO2/c1-3-5-6-13(14(16)17-4-2)11-7-9-12(15)10-8-11/h7-10,13H,3-6,15H2,1-2H3/t13-/m1/s1. The van der Waals surface area contributed by atoms with Crippen LogP contribution in [0.25, 0.3) is 0 Å². The topological polar surface area (TPSA) is 52.3 Å². The molecule has 17 heavy (non-hydrogen) atoms. The molecule has 1 rings (SSSR count). The van der Waals surface area contributed by atoms with Crippen molar-refractivity contribution in [1.29, 1.82) is 0 Å². The van der Waals surface area contributed by atoms with Crippen LogP contribution in [0.15, 0.2) is 24.3 Å². The second-order valence-corrected chi connectivity index (χ2v) is 4.11. The third kappa shape index (κ3) is 4.10. The van der Waals surface area contributed by atoms with Crippen molar-refractivity contribution in [3.05, 3.63) is 29.8 Å². The Labute approximate surface area is 103 Å². The van der Waals surface area contributed by atoms with E-state index in [9.17, 15) is 4.79 Å². The summed E-state index contributed by atoms with van der Waals surface area (Å²) in [6.45, 7) is 4.37. The van der Waals surface area contributed by atoms with E-state index >= 15 is 0 Å². The Kier molecular flexibility index (Phi) is 5.53. The molecule has 1 atom stereocenters. The molecular formula is C14H21NO2. The number of nitrogens with two attached hydrogens (primary N) is 1. The van der Waals surface area contributed by atoms with Crippen LogP contribution in [0.3, 0.4) is 0 Å². The van der Waals surface area contributed by atoms with Crippen LogP contribution < -0.4 is 5.73 Å². The minimum absolute atomic E-state index is 0.134. The number of hydrogen-bond donors (Lipinski definition) is 1. The van der Waals surface area contributed by atoms with Crippen LogP contribution in [0.4, 0.5) is 5.69 Å². The van der Waals surface area contributed by atoms with Gasteiger partial charge < -0.3 is 10.5 Å². The lowest BCUT2D eigenvalue weighted by Gasteiger charge is -2.15. The first-order chi connectivity index (χ1) is 8.19. The maximum absolute atomic E-state index is 11.9. The van der Waals surface area contributed by atoms with E-state index in [0.717, 1.165) is 24.8 Å². The molecule has 0 spiro atoms. The van der Waals surface area contributed by atoms with Crippen LogP contribution in [-0.2, 0) is 9.53 Å². The summed E-state index contributed by atoms with van der Waals surface area (Å²) >= 11 is 0. The van der Waals surface area contributed by atoms with Gasteiger partial charge in [-0.15, -0.1) is 0 Å². The summed E-state index contributed by atoms with van der Waals surface area (Å²) in [6, 6.07) is 7.47. The molecule has 0 unspecified atom stereocenters. The lowest BCUT2D eigenvalue weighted by molar-refractivity contribution is -0.145. The Morgan fingerprint density at radius 1 is 1.29 bits per heavy atom. The summed E-state index contributed by atoms with van der Waals surface area (Å²) in [5.41, 5.74) is 7.35. The van der Waals surface area contributed by atoms with Crippen molar-refractivity contribution in [2.45, 2.75) is 39.0 Å². The van der Waals surface area contributed by atoms with Crippen LogP contribution in [0.1, 0.15) is 44.6 Å². The van der Waals surface area contributed by atoms with Gasteiger partial charge in [-0.25, -0.2) is 0 Å². The number of ether oxygens (including phenoxy) is 1. The van der Waals surface area contributed by atoms with Gasteiger partial charge >= 0.3 is 5.97 Å². The highest BCUT2D eigenvalue weighted by molar-refractivity contribution is 5.78. The first kappa shape index (κ1) is 13.6. The van der Waals surface area contributed by atoms with Crippen LogP contribution in [0, 0.1) is 0 Å². The molecule has 0 amide bonds. The van der Waals surface area contributed by atoms with Crippen LogP contribution in [-0.4, -0.2) is 12.6 Å². The molecule has 0 saturated heterocycles. The zero-order valence-corrected chi connectivity index (χ0v) is 10.6. The highest BCUT2D eigenvalue weighted by Gasteiger charge is 2.20. The first-order valence-electron chi connectivity index (χ1n) is 6.21. The van der Waals surface area contributed by atoms with Crippen LogP contribution in [0.2, 0.25) is 0 Å². The Morgan fingerprint density at radius 2 is 1.94 bits per heavy atom. The molecule has 0 bridgehead atoms. The minimum Gasteiger partial charge on any atom is -0.466 e. The van der Waals surface area contributed by atoms with E-state index in [1.165, 1.54) is 0 Å². The van der Waals surface area contributed by atoms with Crippen LogP contribution in [0.5, 0.6) is 0 Å². The van der Waals surface area contributed by atoms with Gasteiger partial charge in [-0.3, -0.25) is 4.79 Å². The average molecular weight is 235 g/mol. The quantitative estimate of drug-likeness (QED) is 0.609. The molecule has 0 radical (unpaired) electrons. The summed E-state index contributed by atoms with van der Waals surface area (Å²) < 4.78 is 5.12. The van der Waals surface area contributed by atoms with Gasteiger partial charge in [-0.2, -0.15) is 0 Å². The van der Waals surface area contributed by atoms with Gasteiger partial charge in [0.1, 0.15) is 0 Å². The van der Waals surface area contributed by atoms with E-state index in [4.69, 9.17) is 10.5 Å². The number of esters is 1. The molecular weight excluding hydrogens is 214 g/mol. The Bertz CT molecular complexity index is 346. The molecule has 0 saturated carbocycles. The summed E-state index contributed by atoms with van der Waals surface area (Å²) in [7, 11) is 0. The fourth-order valence-electron chi connectivity index (χ4n) is 1.80. The molecule has 3 nitrogen and oxygen atoms in total. The third-order valence-electron chi connectivity index (χ3n) is 2.76. The summed E-state index contributed by atoms with van der Waals surface area (Å²) in [4.78, 5) is 11.9. The van der Waals surface area contributed by atoms with Crippen molar-refractivity contribution in [3.63, 3.8) is 0 Å². The second kappa shape index (κ2) is 6.94. The number of nitrogen functional groups attached to an aromatic ring is 1. The predicted molar refractivity (Wildman–Crippen MR) is 69.8 cm³/mol. The van der Waals surface area contributed by atoms with Crippen molar-refractivity contribution >= 4 is 11.7 Å². The average Bonchev–Trinajstić information content (AvgIpc) is 2.32. The SMILES string of the molecule is CCCC[C@@H](C(=O)OCC)c1ccc(N)cc1. The second-order valence-electron chi connectivity index (χ2n) is 4.11. The molecule has 0 aliphatic carbocycles. The van der Waals surface area contributed by atoms with Crippen LogP contribution >= 0.6 is 0 Å². The molecule has 1 aromatic carbocycles. The maximum atomic E-state index is 11.9. The van der Waals surface area contributed by atoms with E-state index < -0.39 is 0 Å². The maximum Gasteiger partial charge on any atom is 0.313 e. The van der Waals surface area contributed by atoms with Gasteiger partial charge in [0.25, 0.3) is 0 Å². The van der Waals surface area contributed by atoms with E-state index in [-0.39, 0.29) is 11.9 Å². The monoisotopic (exact) mass is 235 g/mol. The van der Waals surface area contributed by atoms with Gasteiger partial charge in [0.05, 0.1) is 12.5 Å². The summed E-state index contributed by atoms with van der Waals surface area (Å²) in [5, 5.41) is 0. The normalized spacial score (nSPS) is 12.1. The number of anilines is 1. The lowest BCUT2D eigenvalue weighted by atomic mass is 9.93. The predicted octanol–water partition coefficient (Wildman–Crippen LogP) is 3.11. The number of rotatable bonds is 6. The smallest absolute Gasteiger partial charge is 0.313 e. The minimum atomic E-state index is -0.157. The van der Waals surface area contributed by atoms with Gasteiger partial charge in [0.15, 0.2) is 0 Å². The van der Waals surface area contributed by atoms with Gasteiger partial charge in [-0.05, 0) is 31.0 Å². The molecule has 0 aliphatic rings. The fourth-order valence-corrected chi connectivity index (χ4v) is 1.80. The van der Waals surface area contributed by atoms with E-state index in [2.05, 4.69) is 6.92 Å². The molecule has 0 aliphatic heterocycles. The van der Waals surface area contributed by atoms with Gasteiger partial charge in [-0.1, -0.05) is 31.9 Å². The number of carbonyl (C=O) groups is 1. The van der Waals surface area contributed by atoms with Gasteiger partial charge in [0.2, 0.25) is 0 Å². The number of benzene rings is 1. The number of hydrogen-bond acceptors (Lipinski definition) is 3. The van der Waals surface area contributed by atoms with Crippen molar-refractivity contribution in [1.82, 2.24) is 0 Å². The number of carbonyl (C=O) groups excluding carboxylic acids is 1. The van der Waals surface area contributed by atoms with Gasteiger partial charge in [0, 0.05) is 5.69 Å². The molecule has 1 aromatic rings. The molecule has 0 aromatic heterocycles. The van der Waals surface area contributed by atoms with Crippen molar-refractivity contribution in [3.8, 4) is 0 Å². The zero-order chi connectivity index (χ0) is 12.7. The van der Waals surface area contributed by atoms with E-state index in [0.29, 0.717) is 12.3 Å².